The molecule has 1 saturated heterocycles. The van der Waals surface area contributed by atoms with Gasteiger partial charge in [-0.3, -0.25) is 9.59 Å². The molecule has 20 heavy (non-hydrogen) atoms. The molecule has 6 heteroatoms. The number of carbonyl (C=O) groups excluding carboxylic acids is 2. The molecular formula is C14H18O6. The van der Waals surface area contributed by atoms with E-state index in [0.717, 1.165) is 0 Å². The average Bonchev–Trinajstić information content (AvgIpc) is 2.40. The van der Waals surface area contributed by atoms with Crippen molar-refractivity contribution in [1.82, 2.24) is 0 Å². The van der Waals surface area contributed by atoms with Gasteiger partial charge in [-0.2, -0.15) is 0 Å². The van der Waals surface area contributed by atoms with E-state index in [0.29, 0.717) is 12.8 Å². The van der Waals surface area contributed by atoms with E-state index in [1.807, 2.05) is 0 Å². The first-order valence-corrected chi connectivity index (χ1v) is 6.61. The number of methoxy groups -OCH3 is 1. The smallest absolute Gasteiger partial charge is 0.330 e. The number of aliphatic carboxylic acids is 1. The Bertz CT molecular complexity index is 466. The molecule has 0 aromatic rings. The van der Waals surface area contributed by atoms with E-state index in [4.69, 9.17) is 14.6 Å². The van der Waals surface area contributed by atoms with Crippen molar-refractivity contribution in [1.29, 1.82) is 0 Å². The summed E-state index contributed by atoms with van der Waals surface area (Å²) in [6.45, 7) is 1.49. The Kier molecular flexibility index (Phi) is 4.11. The van der Waals surface area contributed by atoms with Gasteiger partial charge in [0.2, 0.25) is 0 Å². The van der Waals surface area contributed by atoms with Gasteiger partial charge >= 0.3 is 17.9 Å². The van der Waals surface area contributed by atoms with Gasteiger partial charge in [-0.15, -0.1) is 0 Å². The first-order valence-electron chi connectivity index (χ1n) is 6.61. The fourth-order valence-electron chi connectivity index (χ4n) is 3.07. The van der Waals surface area contributed by atoms with Crippen LogP contribution in [0.5, 0.6) is 0 Å². The summed E-state index contributed by atoms with van der Waals surface area (Å²) in [5.41, 5.74) is 0.193. The summed E-state index contributed by atoms with van der Waals surface area (Å²) in [5.74, 6) is -2.37. The Labute approximate surface area is 116 Å². The zero-order chi connectivity index (χ0) is 14.9. The number of hydrogen-bond acceptors (Lipinski definition) is 5. The highest BCUT2D eigenvalue weighted by atomic mass is 16.5. The zero-order valence-electron chi connectivity index (χ0n) is 11.5. The molecule has 4 atom stereocenters. The lowest BCUT2D eigenvalue weighted by Gasteiger charge is -2.42. The molecule has 1 N–H and O–H groups in total. The van der Waals surface area contributed by atoms with E-state index in [9.17, 15) is 14.4 Å². The van der Waals surface area contributed by atoms with Crippen LogP contribution in [-0.4, -0.2) is 36.2 Å². The standard InChI is InChI=1S/C14H18O6/c1-7(13(16)17)3-9-4-10(14(18)19-2)8-5-11(9)20-12(15)6-8/h3,8-11H,4-6H2,1-2H3,(H,16,17). The Morgan fingerprint density at radius 3 is 2.70 bits per heavy atom. The topological polar surface area (TPSA) is 89.9 Å². The molecule has 110 valence electrons. The van der Waals surface area contributed by atoms with Crippen LogP contribution in [0.1, 0.15) is 26.2 Å². The lowest BCUT2D eigenvalue weighted by atomic mass is 9.69. The number of carboxylic acids is 1. The first-order chi connectivity index (χ1) is 9.42. The van der Waals surface area contributed by atoms with Gasteiger partial charge in [-0.05, 0) is 25.7 Å². The molecule has 2 aliphatic rings. The van der Waals surface area contributed by atoms with Crippen molar-refractivity contribution < 1.29 is 29.0 Å². The highest BCUT2D eigenvalue weighted by Gasteiger charge is 2.46. The van der Waals surface area contributed by atoms with Crippen molar-refractivity contribution in [3.05, 3.63) is 11.6 Å². The second kappa shape index (κ2) is 5.64. The molecule has 1 heterocycles. The van der Waals surface area contributed by atoms with Gasteiger partial charge in [0.05, 0.1) is 13.0 Å². The van der Waals surface area contributed by atoms with Crippen molar-refractivity contribution in [2.24, 2.45) is 17.8 Å². The monoisotopic (exact) mass is 282 g/mol. The van der Waals surface area contributed by atoms with Crippen LogP contribution in [0.25, 0.3) is 0 Å². The van der Waals surface area contributed by atoms with Crippen LogP contribution in [0.3, 0.4) is 0 Å². The van der Waals surface area contributed by atoms with Crippen LogP contribution < -0.4 is 0 Å². The summed E-state index contributed by atoms with van der Waals surface area (Å²) in [4.78, 5) is 34.3. The van der Waals surface area contributed by atoms with Crippen molar-refractivity contribution in [2.45, 2.75) is 32.3 Å². The molecule has 0 aromatic heterocycles. The van der Waals surface area contributed by atoms with Crippen LogP contribution in [0.2, 0.25) is 0 Å². The van der Waals surface area contributed by atoms with Crippen molar-refractivity contribution in [3.8, 4) is 0 Å². The number of rotatable bonds is 3. The molecule has 1 aliphatic heterocycles. The molecule has 1 saturated carbocycles. The molecule has 0 amide bonds. The minimum atomic E-state index is -1.01. The predicted octanol–water partition coefficient (Wildman–Crippen LogP) is 1.15. The predicted molar refractivity (Wildman–Crippen MR) is 67.6 cm³/mol. The van der Waals surface area contributed by atoms with Gasteiger partial charge in [0.25, 0.3) is 0 Å². The van der Waals surface area contributed by atoms with Crippen LogP contribution in [0.15, 0.2) is 11.6 Å². The minimum absolute atomic E-state index is 0.0662. The largest absolute Gasteiger partial charge is 0.478 e. The summed E-state index contributed by atoms with van der Waals surface area (Å²) in [7, 11) is 1.32. The van der Waals surface area contributed by atoms with Crippen LogP contribution in [0.4, 0.5) is 0 Å². The van der Waals surface area contributed by atoms with E-state index < -0.39 is 5.97 Å². The number of fused-ring (bicyclic) bond motifs is 2. The van der Waals surface area contributed by atoms with E-state index >= 15 is 0 Å². The molecule has 6 nitrogen and oxygen atoms in total. The second-order valence-electron chi connectivity index (χ2n) is 5.41. The third-order valence-corrected chi connectivity index (χ3v) is 4.12. The summed E-state index contributed by atoms with van der Waals surface area (Å²) >= 11 is 0. The van der Waals surface area contributed by atoms with Crippen molar-refractivity contribution in [3.63, 3.8) is 0 Å². The number of hydrogen-bond donors (Lipinski definition) is 1. The maximum atomic E-state index is 11.8. The van der Waals surface area contributed by atoms with Crippen LogP contribution >= 0.6 is 0 Å². The van der Waals surface area contributed by atoms with Crippen molar-refractivity contribution >= 4 is 17.9 Å². The molecular weight excluding hydrogens is 264 g/mol. The number of ether oxygens (including phenoxy) is 2. The maximum Gasteiger partial charge on any atom is 0.330 e. The van der Waals surface area contributed by atoms with Crippen LogP contribution in [0, 0.1) is 17.8 Å². The van der Waals surface area contributed by atoms with Gasteiger partial charge in [-0.1, -0.05) is 6.08 Å². The summed E-state index contributed by atoms with van der Waals surface area (Å²) in [6.07, 6.45) is 2.51. The highest BCUT2D eigenvalue weighted by molar-refractivity contribution is 5.86. The Balaban J connectivity index is 2.24. The van der Waals surface area contributed by atoms with Gasteiger partial charge in [0.15, 0.2) is 0 Å². The van der Waals surface area contributed by atoms with E-state index in [1.54, 1.807) is 6.08 Å². The summed E-state index contributed by atoms with van der Waals surface area (Å²) < 4.78 is 10.1. The zero-order valence-corrected chi connectivity index (χ0v) is 11.5. The normalized spacial score (nSPS) is 33.3. The van der Waals surface area contributed by atoms with Gasteiger partial charge in [-0.25, -0.2) is 4.79 Å². The van der Waals surface area contributed by atoms with E-state index in [-0.39, 0.29) is 47.8 Å². The molecule has 1 aliphatic carbocycles. The average molecular weight is 282 g/mol. The third kappa shape index (κ3) is 2.84. The Morgan fingerprint density at radius 2 is 2.10 bits per heavy atom. The summed E-state index contributed by atoms with van der Waals surface area (Å²) in [6, 6.07) is 0. The Hall–Kier alpha value is -1.85. The first kappa shape index (κ1) is 14.6. The Morgan fingerprint density at radius 1 is 1.40 bits per heavy atom. The van der Waals surface area contributed by atoms with Crippen molar-refractivity contribution in [2.75, 3.05) is 7.11 Å². The second-order valence-corrected chi connectivity index (χ2v) is 5.41. The quantitative estimate of drug-likeness (QED) is 0.617. The fourth-order valence-corrected chi connectivity index (χ4v) is 3.07. The fraction of sp³-hybridized carbons (Fsp3) is 0.643. The lowest BCUT2D eigenvalue weighted by molar-refractivity contribution is -0.171. The summed E-state index contributed by atoms with van der Waals surface area (Å²) in [5, 5.41) is 8.94. The molecule has 0 radical (unpaired) electrons. The molecule has 4 unspecified atom stereocenters. The molecule has 0 aromatic carbocycles. The van der Waals surface area contributed by atoms with Gasteiger partial charge < -0.3 is 14.6 Å². The molecule has 2 rings (SSSR count). The van der Waals surface area contributed by atoms with Gasteiger partial charge in [0, 0.05) is 17.9 Å². The van der Waals surface area contributed by atoms with E-state index in [2.05, 4.69) is 0 Å². The number of esters is 2. The number of carbonyl (C=O) groups is 3. The van der Waals surface area contributed by atoms with Gasteiger partial charge in [0.1, 0.15) is 6.10 Å². The number of carboxylic acid groups (broad SMARTS) is 1. The maximum absolute atomic E-state index is 11.8. The molecule has 2 fully saturated rings. The lowest BCUT2D eigenvalue weighted by Crippen LogP contribution is -2.45. The van der Waals surface area contributed by atoms with E-state index in [1.165, 1.54) is 14.0 Å². The minimum Gasteiger partial charge on any atom is -0.478 e. The highest BCUT2D eigenvalue weighted by Crippen LogP contribution is 2.42. The third-order valence-electron chi connectivity index (χ3n) is 4.12. The SMILES string of the molecule is COC(=O)C1CC(C=C(C)C(=O)O)C2CC1CC(=O)O2. The molecule has 0 spiro atoms. The van der Waals surface area contributed by atoms with Crippen LogP contribution in [-0.2, 0) is 23.9 Å². The molecule has 2 bridgehead atoms.